The molecule has 0 aliphatic carbocycles. The molecule has 0 amide bonds. The van der Waals surface area contributed by atoms with Gasteiger partial charge in [0.15, 0.2) is 0 Å². The van der Waals surface area contributed by atoms with Gasteiger partial charge in [-0.1, -0.05) is 6.07 Å². The Kier molecular flexibility index (Phi) is 4.49. The molecule has 0 saturated carbocycles. The lowest BCUT2D eigenvalue weighted by atomic mass is 10.2. The fourth-order valence-corrected chi connectivity index (χ4v) is 1.29. The SMILES string of the molecule is Cc1ccc(OCCCCC#N)c(N)c1. The summed E-state index contributed by atoms with van der Waals surface area (Å²) >= 11 is 0. The normalized spacial score (nSPS) is 9.60. The largest absolute Gasteiger partial charge is 0.491 e. The second-order valence-electron chi connectivity index (χ2n) is 3.50. The van der Waals surface area contributed by atoms with E-state index in [4.69, 9.17) is 15.7 Å². The van der Waals surface area contributed by atoms with Gasteiger partial charge in [0.2, 0.25) is 0 Å². The molecule has 0 atom stereocenters. The Morgan fingerprint density at radius 2 is 2.20 bits per heavy atom. The lowest BCUT2D eigenvalue weighted by Gasteiger charge is -2.08. The van der Waals surface area contributed by atoms with E-state index in [1.54, 1.807) is 0 Å². The summed E-state index contributed by atoms with van der Waals surface area (Å²) in [6.07, 6.45) is 2.36. The molecule has 1 aromatic rings. The van der Waals surface area contributed by atoms with Crippen molar-refractivity contribution in [3.8, 4) is 11.8 Å². The number of rotatable bonds is 5. The van der Waals surface area contributed by atoms with Crippen LogP contribution in [0.1, 0.15) is 24.8 Å². The molecular weight excluding hydrogens is 188 g/mol. The van der Waals surface area contributed by atoms with Gasteiger partial charge in [-0.3, -0.25) is 0 Å². The van der Waals surface area contributed by atoms with Crippen molar-refractivity contribution in [3.63, 3.8) is 0 Å². The maximum atomic E-state index is 8.35. The van der Waals surface area contributed by atoms with Crippen LogP contribution in [0.5, 0.6) is 5.75 Å². The predicted octanol–water partition coefficient (Wildman–Crippen LogP) is 2.65. The summed E-state index contributed by atoms with van der Waals surface area (Å²) in [4.78, 5) is 0. The number of nitriles is 1. The third kappa shape index (κ3) is 3.90. The number of benzene rings is 1. The van der Waals surface area contributed by atoms with Crippen LogP contribution in [0.25, 0.3) is 0 Å². The molecule has 0 aliphatic heterocycles. The second-order valence-corrected chi connectivity index (χ2v) is 3.50. The molecule has 0 spiro atoms. The van der Waals surface area contributed by atoms with E-state index in [1.165, 1.54) is 0 Å². The van der Waals surface area contributed by atoms with Crippen molar-refractivity contribution in [2.24, 2.45) is 0 Å². The number of ether oxygens (including phenoxy) is 1. The van der Waals surface area contributed by atoms with E-state index in [2.05, 4.69) is 6.07 Å². The van der Waals surface area contributed by atoms with Crippen molar-refractivity contribution in [2.45, 2.75) is 26.2 Å². The molecule has 0 radical (unpaired) electrons. The summed E-state index contributed by atoms with van der Waals surface area (Å²) in [5.41, 5.74) is 7.59. The Balaban J connectivity index is 2.35. The number of nitrogen functional groups attached to an aromatic ring is 1. The van der Waals surface area contributed by atoms with Crippen molar-refractivity contribution >= 4 is 5.69 Å². The van der Waals surface area contributed by atoms with Gasteiger partial charge in [-0.05, 0) is 37.5 Å². The van der Waals surface area contributed by atoms with Gasteiger partial charge in [-0.25, -0.2) is 0 Å². The molecule has 2 N–H and O–H groups in total. The lowest BCUT2D eigenvalue weighted by molar-refractivity contribution is 0.309. The number of anilines is 1. The van der Waals surface area contributed by atoms with E-state index in [9.17, 15) is 0 Å². The molecule has 15 heavy (non-hydrogen) atoms. The van der Waals surface area contributed by atoms with Gasteiger partial charge in [0.25, 0.3) is 0 Å². The third-order valence-corrected chi connectivity index (χ3v) is 2.11. The van der Waals surface area contributed by atoms with E-state index in [-0.39, 0.29) is 0 Å². The predicted molar refractivity (Wildman–Crippen MR) is 60.6 cm³/mol. The summed E-state index contributed by atoms with van der Waals surface area (Å²) < 4.78 is 5.50. The maximum Gasteiger partial charge on any atom is 0.142 e. The maximum absolute atomic E-state index is 8.35. The van der Waals surface area contributed by atoms with Crippen molar-refractivity contribution in [1.29, 1.82) is 5.26 Å². The van der Waals surface area contributed by atoms with Crippen LogP contribution in [0.15, 0.2) is 18.2 Å². The molecule has 0 saturated heterocycles. The Hall–Kier alpha value is -1.69. The summed E-state index contributed by atoms with van der Waals surface area (Å²) in [6, 6.07) is 7.86. The molecule has 80 valence electrons. The van der Waals surface area contributed by atoms with Crippen molar-refractivity contribution in [2.75, 3.05) is 12.3 Å². The molecule has 1 aromatic carbocycles. The molecule has 3 nitrogen and oxygen atoms in total. The molecular formula is C12H16N2O. The highest BCUT2D eigenvalue weighted by Crippen LogP contribution is 2.22. The molecule has 0 fully saturated rings. The monoisotopic (exact) mass is 204 g/mol. The van der Waals surface area contributed by atoms with Crippen LogP contribution in [-0.4, -0.2) is 6.61 Å². The molecule has 3 heteroatoms. The van der Waals surface area contributed by atoms with Crippen LogP contribution in [0.2, 0.25) is 0 Å². The standard InChI is InChI=1S/C12H16N2O/c1-10-5-6-12(11(14)9-10)15-8-4-2-3-7-13/h5-6,9H,2-4,8,14H2,1H3. The Labute approximate surface area is 90.5 Å². The Bertz CT molecular complexity index is 355. The van der Waals surface area contributed by atoms with Crippen LogP contribution in [-0.2, 0) is 0 Å². The number of nitrogens with zero attached hydrogens (tertiary/aromatic N) is 1. The minimum atomic E-state index is 0.590. The quantitative estimate of drug-likeness (QED) is 0.592. The van der Waals surface area contributed by atoms with Crippen LogP contribution in [0.3, 0.4) is 0 Å². The average Bonchev–Trinajstić information content (AvgIpc) is 2.20. The number of aryl methyl sites for hydroxylation is 1. The highest BCUT2D eigenvalue weighted by Gasteiger charge is 1.99. The van der Waals surface area contributed by atoms with E-state index >= 15 is 0 Å². The zero-order chi connectivity index (χ0) is 11.1. The fraction of sp³-hybridized carbons (Fsp3) is 0.417. The molecule has 0 heterocycles. The smallest absolute Gasteiger partial charge is 0.142 e. The number of hydrogen-bond acceptors (Lipinski definition) is 3. The zero-order valence-electron chi connectivity index (χ0n) is 8.99. The fourth-order valence-electron chi connectivity index (χ4n) is 1.29. The highest BCUT2D eigenvalue weighted by atomic mass is 16.5. The van der Waals surface area contributed by atoms with E-state index in [0.717, 1.165) is 24.2 Å². The second kappa shape index (κ2) is 5.92. The van der Waals surface area contributed by atoms with Crippen LogP contribution >= 0.6 is 0 Å². The summed E-state index contributed by atoms with van der Waals surface area (Å²) in [7, 11) is 0. The molecule has 0 unspecified atom stereocenters. The van der Waals surface area contributed by atoms with Gasteiger partial charge >= 0.3 is 0 Å². The minimum Gasteiger partial charge on any atom is -0.491 e. The number of hydrogen-bond donors (Lipinski definition) is 1. The van der Waals surface area contributed by atoms with Gasteiger partial charge in [0, 0.05) is 6.42 Å². The molecule has 0 aliphatic rings. The van der Waals surface area contributed by atoms with Crippen molar-refractivity contribution in [1.82, 2.24) is 0 Å². The Morgan fingerprint density at radius 1 is 1.40 bits per heavy atom. The molecule has 0 bridgehead atoms. The first-order valence-electron chi connectivity index (χ1n) is 5.10. The average molecular weight is 204 g/mol. The van der Waals surface area contributed by atoms with Gasteiger partial charge in [-0.2, -0.15) is 5.26 Å². The molecule has 1 rings (SSSR count). The van der Waals surface area contributed by atoms with E-state index in [0.29, 0.717) is 18.7 Å². The van der Waals surface area contributed by atoms with Crippen molar-refractivity contribution < 1.29 is 4.74 Å². The first kappa shape index (κ1) is 11.4. The van der Waals surface area contributed by atoms with Crippen LogP contribution in [0.4, 0.5) is 5.69 Å². The van der Waals surface area contributed by atoms with E-state index in [1.807, 2.05) is 25.1 Å². The lowest BCUT2D eigenvalue weighted by Crippen LogP contribution is -2.00. The van der Waals surface area contributed by atoms with Gasteiger partial charge < -0.3 is 10.5 Å². The van der Waals surface area contributed by atoms with E-state index < -0.39 is 0 Å². The number of unbranched alkanes of at least 4 members (excludes halogenated alkanes) is 2. The van der Waals surface area contributed by atoms with Gasteiger partial charge in [0.05, 0.1) is 18.4 Å². The number of nitrogens with two attached hydrogens (primary N) is 1. The first-order valence-corrected chi connectivity index (χ1v) is 5.10. The Morgan fingerprint density at radius 3 is 2.87 bits per heavy atom. The topological polar surface area (TPSA) is 59.0 Å². The minimum absolute atomic E-state index is 0.590. The third-order valence-electron chi connectivity index (χ3n) is 2.11. The zero-order valence-corrected chi connectivity index (χ0v) is 8.99. The highest BCUT2D eigenvalue weighted by molar-refractivity contribution is 5.53. The van der Waals surface area contributed by atoms with Gasteiger partial charge in [0.1, 0.15) is 5.75 Å². The molecule has 0 aromatic heterocycles. The van der Waals surface area contributed by atoms with Crippen molar-refractivity contribution in [3.05, 3.63) is 23.8 Å². The summed E-state index contributed by atoms with van der Waals surface area (Å²) in [5.74, 6) is 0.734. The van der Waals surface area contributed by atoms with Crippen LogP contribution < -0.4 is 10.5 Å². The first-order chi connectivity index (χ1) is 7.24. The summed E-state index contributed by atoms with van der Waals surface area (Å²) in [6.45, 7) is 2.61. The van der Waals surface area contributed by atoms with Gasteiger partial charge in [-0.15, -0.1) is 0 Å². The van der Waals surface area contributed by atoms with Crippen LogP contribution in [0, 0.1) is 18.3 Å². The summed E-state index contributed by atoms with van der Waals surface area (Å²) in [5, 5.41) is 8.35.